The third-order valence-electron chi connectivity index (χ3n) is 6.87. The molecule has 0 saturated carbocycles. The van der Waals surface area contributed by atoms with Crippen LogP contribution in [0.2, 0.25) is 0 Å². The molecular weight excluding hydrogens is 456 g/mol. The van der Waals surface area contributed by atoms with Crippen molar-refractivity contribution in [1.29, 1.82) is 5.41 Å². The van der Waals surface area contributed by atoms with E-state index in [0.717, 1.165) is 16.6 Å². The minimum Gasteiger partial charge on any atom is -0.350 e. The van der Waals surface area contributed by atoms with Crippen LogP contribution in [0.4, 0.5) is 0 Å². The minimum absolute atomic E-state index is 0.106. The lowest BCUT2D eigenvalue weighted by atomic mass is 10.0. The van der Waals surface area contributed by atoms with Crippen LogP contribution in [0.3, 0.4) is 0 Å². The van der Waals surface area contributed by atoms with Crippen LogP contribution in [-0.2, 0) is 13.0 Å². The molecule has 37 heavy (non-hydrogen) atoms. The molecule has 5 aromatic rings. The van der Waals surface area contributed by atoms with Gasteiger partial charge in [0.25, 0.3) is 5.91 Å². The van der Waals surface area contributed by atoms with Crippen molar-refractivity contribution in [3.05, 3.63) is 137 Å². The quantitative estimate of drug-likeness (QED) is 0.285. The molecule has 0 aliphatic rings. The molecule has 0 saturated heterocycles. The van der Waals surface area contributed by atoms with Crippen molar-refractivity contribution in [2.45, 2.75) is 32.9 Å². The van der Waals surface area contributed by atoms with Crippen LogP contribution in [0.15, 0.2) is 103 Å². The molecule has 4 aromatic carbocycles. The summed E-state index contributed by atoms with van der Waals surface area (Å²) in [4.78, 5) is 12.9. The second kappa shape index (κ2) is 10.7. The number of fused-ring (bicyclic) bond motifs is 1. The first-order chi connectivity index (χ1) is 18.0. The molecular formula is C32H32N4O. The highest BCUT2D eigenvalue weighted by atomic mass is 16.1. The number of carbonyl (C=O) groups excluding carboxylic acids is 1. The molecule has 0 radical (unpaired) electrons. The van der Waals surface area contributed by atoms with Crippen molar-refractivity contribution in [2.75, 3.05) is 6.54 Å². The highest BCUT2D eigenvalue weighted by Gasteiger charge is 2.21. The first kappa shape index (κ1) is 24.3. The monoisotopic (exact) mass is 488 g/mol. The fourth-order valence-electron chi connectivity index (χ4n) is 4.81. The summed E-state index contributed by atoms with van der Waals surface area (Å²) in [6, 6.07) is 34.3. The largest absolute Gasteiger partial charge is 0.350 e. The highest BCUT2D eigenvalue weighted by molar-refractivity contribution is 5.94. The van der Waals surface area contributed by atoms with E-state index in [-0.39, 0.29) is 11.9 Å². The van der Waals surface area contributed by atoms with Gasteiger partial charge in [0.05, 0.1) is 23.6 Å². The van der Waals surface area contributed by atoms with E-state index in [1.54, 1.807) is 0 Å². The van der Waals surface area contributed by atoms with Crippen molar-refractivity contribution < 1.29 is 4.79 Å². The Hall–Kier alpha value is -4.38. The molecule has 0 bridgehead atoms. The predicted molar refractivity (Wildman–Crippen MR) is 149 cm³/mol. The number of benzene rings is 4. The number of imidazole rings is 1. The van der Waals surface area contributed by atoms with Gasteiger partial charge < -0.3 is 14.5 Å². The highest BCUT2D eigenvalue weighted by Crippen LogP contribution is 2.22. The number of aryl methyl sites for hydroxylation is 2. The van der Waals surface area contributed by atoms with Crippen molar-refractivity contribution >= 4 is 16.9 Å². The Bertz CT molecular complexity index is 1560. The van der Waals surface area contributed by atoms with E-state index in [9.17, 15) is 10.2 Å². The molecule has 0 spiro atoms. The SMILES string of the molecule is Cc1ccc(CC(CNC(=O)c2ccccc2)n2c(=N)n(Cc3ccc(C)cc3)c3ccccc32)cc1. The van der Waals surface area contributed by atoms with Gasteiger partial charge in [-0.1, -0.05) is 90.0 Å². The maximum atomic E-state index is 12.9. The first-order valence-electron chi connectivity index (χ1n) is 12.7. The van der Waals surface area contributed by atoms with Gasteiger partial charge in [-0.05, 0) is 55.7 Å². The van der Waals surface area contributed by atoms with Gasteiger partial charge >= 0.3 is 0 Å². The topological polar surface area (TPSA) is 62.8 Å². The van der Waals surface area contributed by atoms with Crippen LogP contribution in [0.1, 0.15) is 38.7 Å². The van der Waals surface area contributed by atoms with Gasteiger partial charge in [-0.2, -0.15) is 0 Å². The Morgan fingerprint density at radius 3 is 1.97 bits per heavy atom. The van der Waals surface area contributed by atoms with E-state index in [4.69, 9.17) is 0 Å². The van der Waals surface area contributed by atoms with Gasteiger partial charge in [-0.15, -0.1) is 0 Å². The van der Waals surface area contributed by atoms with Gasteiger partial charge in [-0.25, -0.2) is 0 Å². The smallest absolute Gasteiger partial charge is 0.251 e. The van der Waals surface area contributed by atoms with E-state index < -0.39 is 0 Å². The fourth-order valence-corrected chi connectivity index (χ4v) is 4.81. The van der Waals surface area contributed by atoms with Crippen LogP contribution >= 0.6 is 0 Å². The Labute approximate surface area is 217 Å². The normalized spacial score (nSPS) is 11.9. The van der Waals surface area contributed by atoms with Gasteiger partial charge in [0.1, 0.15) is 0 Å². The second-order valence-electron chi connectivity index (χ2n) is 9.67. The molecule has 1 aromatic heterocycles. The Morgan fingerprint density at radius 1 is 0.757 bits per heavy atom. The van der Waals surface area contributed by atoms with Gasteiger partial charge in [0.15, 0.2) is 0 Å². The Morgan fingerprint density at radius 2 is 1.32 bits per heavy atom. The summed E-state index contributed by atoms with van der Waals surface area (Å²) in [5, 5.41) is 12.4. The molecule has 5 rings (SSSR count). The third-order valence-corrected chi connectivity index (χ3v) is 6.87. The zero-order valence-electron chi connectivity index (χ0n) is 21.3. The summed E-state index contributed by atoms with van der Waals surface area (Å²) in [7, 11) is 0. The summed E-state index contributed by atoms with van der Waals surface area (Å²) in [5.41, 5.74) is 7.81. The van der Waals surface area contributed by atoms with E-state index in [0.29, 0.717) is 30.7 Å². The zero-order chi connectivity index (χ0) is 25.8. The number of hydrogen-bond acceptors (Lipinski definition) is 2. The van der Waals surface area contributed by atoms with Gasteiger partial charge in [-0.3, -0.25) is 10.2 Å². The number of carbonyl (C=O) groups is 1. The molecule has 5 nitrogen and oxygen atoms in total. The molecule has 0 fully saturated rings. The maximum absolute atomic E-state index is 12.9. The van der Waals surface area contributed by atoms with Crippen molar-refractivity contribution in [2.24, 2.45) is 0 Å². The number of para-hydroxylation sites is 2. The summed E-state index contributed by atoms with van der Waals surface area (Å²) in [6.45, 7) is 5.19. The number of nitrogens with zero attached hydrogens (tertiary/aromatic N) is 2. The summed E-state index contributed by atoms with van der Waals surface area (Å²) < 4.78 is 4.13. The van der Waals surface area contributed by atoms with Crippen LogP contribution in [-0.4, -0.2) is 21.6 Å². The van der Waals surface area contributed by atoms with E-state index in [1.807, 2.05) is 42.5 Å². The predicted octanol–water partition coefficient (Wildman–Crippen LogP) is 5.80. The maximum Gasteiger partial charge on any atom is 0.251 e. The number of hydrogen-bond donors (Lipinski definition) is 2. The zero-order valence-corrected chi connectivity index (χ0v) is 21.3. The standard InChI is InChI=1S/C32H32N4O/c1-23-12-16-25(17-13-23)20-28(21-34-31(37)27-8-4-3-5-9-27)36-30-11-7-6-10-29(30)35(32(36)33)22-26-18-14-24(2)15-19-26/h3-19,28,33H,20-22H2,1-2H3,(H,34,37). The second-order valence-corrected chi connectivity index (χ2v) is 9.67. The van der Waals surface area contributed by atoms with Crippen molar-refractivity contribution in [1.82, 2.24) is 14.5 Å². The van der Waals surface area contributed by atoms with Gasteiger partial charge in [0, 0.05) is 12.1 Å². The lowest BCUT2D eigenvalue weighted by molar-refractivity contribution is 0.0947. The van der Waals surface area contributed by atoms with E-state index >= 15 is 0 Å². The molecule has 1 atom stereocenters. The van der Waals surface area contributed by atoms with Crippen molar-refractivity contribution in [3.8, 4) is 0 Å². The Kier molecular flexibility index (Phi) is 7.04. The van der Waals surface area contributed by atoms with Gasteiger partial charge in [0.2, 0.25) is 5.62 Å². The average Bonchev–Trinajstić information content (AvgIpc) is 3.20. The number of nitrogens with one attached hydrogen (secondary N) is 2. The molecule has 186 valence electrons. The number of aromatic nitrogens is 2. The molecule has 2 N–H and O–H groups in total. The fraction of sp³-hybridized carbons (Fsp3) is 0.188. The van der Waals surface area contributed by atoms with Crippen molar-refractivity contribution in [3.63, 3.8) is 0 Å². The number of rotatable bonds is 8. The third kappa shape index (κ3) is 5.41. The van der Waals surface area contributed by atoms with E-state index in [1.165, 1.54) is 16.7 Å². The lowest BCUT2D eigenvalue weighted by Crippen LogP contribution is -2.37. The minimum atomic E-state index is -0.132. The van der Waals surface area contributed by atoms with Crippen LogP contribution in [0.5, 0.6) is 0 Å². The lowest BCUT2D eigenvalue weighted by Gasteiger charge is -2.21. The summed E-state index contributed by atoms with van der Waals surface area (Å²) in [5.74, 6) is -0.106. The van der Waals surface area contributed by atoms with E-state index in [2.05, 4.69) is 89.0 Å². The number of amides is 1. The molecule has 5 heteroatoms. The van der Waals surface area contributed by atoms with Crippen LogP contribution in [0.25, 0.3) is 11.0 Å². The Balaban J connectivity index is 1.54. The van der Waals surface area contributed by atoms with Crippen LogP contribution in [0, 0.1) is 19.3 Å². The first-order valence-corrected chi connectivity index (χ1v) is 12.7. The molecule has 1 unspecified atom stereocenters. The molecule has 0 aliphatic carbocycles. The molecule has 1 amide bonds. The van der Waals surface area contributed by atoms with Crippen LogP contribution < -0.4 is 10.9 Å². The molecule has 0 aliphatic heterocycles. The summed E-state index contributed by atoms with van der Waals surface area (Å²) >= 11 is 0. The molecule has 1 heterocycles. The summed E-state index contributed by atoms with van der Waals surface area (Å²) in [6.07, 6.45) is 0.699. The average molecular weight is 489 g/mol.